The van der Waals surface area contributed by atoms with E-state index in [-0.39, 0.29) is 18.8 Å². The first kappa shape index (κ1) is 17.2. The zero-order valence-corrected chi connectivity index (χ0v) is 12.8. The molecule has 2 aromatic rings. The number of aliphatic carboxylic acids is 1. The Morgan fingerprint density at radius 2 is 1.75 bits per heavy atom. The van der Waals surface area contributed by atoms with E-state index in [1.807, 2.05) is 18.2 Å². The van der Waals surface area contributed by atoms with Gasteiger partial charge in [0, 0.05) is 11.8 Å². The van der Waals surface area contributed by atoms with Crippen LogP contribution in [0.4, 0.5) is 0 Å². The summed E-state index contributed by atoms with van der Waals surface area (Å²) in [7, 11) is 0. The molecule has 0 aromatic heterocycles. The molecule has 0 fully saturated rings. The van der Waals surface area contributed by atoms with Crippen molar-refractivity contribution in [3.05, 3.63) is 65.7 Å². The van der Waals surface area contributed by atoms with E-state index in [9.17, 15) is 19.8 Å². The molecule has 0 aliphatic rings. The Balaban J connectivity index is 1.94. The van der Waals surface area contributed by atoms with Crippen LogP contribution >= 0.6 is 0 Å². The van der Waals surface area contributed by atoms with Gasteiger partial charge in [-0.2, -0.15) is 0 Å². The van der Waals surface area contributed by atoms with Crippen LogP contribution < -0.4 is 0 Å². The summed E-state index contributed by atoms with van der Waals surface area (Å²) in [5.74, 6) is -1.91. The predicted octanol–water partition coefficient (Wildman–Crippen LogP) is 2.40. The summed E-state index contributed by atoms with van der Waals surface area (Å²) in [5.41, 5.74) is 1.19. The first-order chi connectivity index (χ1) is 11.6. The molecule has 2 rings (SSSR count). The SMILES string of the molecule is O=C(C[C@H](N=Cc1ccccc1O)C(=O)O)OCc1ccccc1. The highest BCUT2D eigenvalue weighted by molar-refractivity contribution is 5.87. The number of para-hydroxylation sites is 1. The Bertz CT molecular complexity index is 727. The van der Waals surface area contributed by atoms with Crippen molar-refractivity contribution in [2.24, 2.45) is 4.99 Å². The summed E-state index contributed by atoms with van der Waals surface area (Å²) < 4.78 is 5.06. The van der Waals surface area contributed by atoms with Crippen molar-refractivity contribution in [2.45, 2.75) is 19.1 Å². The molecule has 2 aromatic carbocycles. The molecule has 6 nitrogen and oxygen atoms in total. The molecule has 6 heteroatoms. The molecular formula is C18H17NO5. The number of hydrogen-bond donors (Lipinski definition) is 2. The number of benzene rings is 2. The molecule has 2 N–H and O–H groups in total. The number of nitrogens with zero attached hydrogens (tertiary/aromatic N) is 1. The molecule has 0 saturated carbocycles. The number of phenolic OH excluding ortho intramolecular Hbond substituents is 1. The molecule has 0 bridgehead atoms. The lowest BCUT2D eigenvalue weighted by Gasteiger charge is -2.08. The van der Waals surface area contributed by atoms with Crippen LogP contribution in [0.15, 0.2) is 59.6 Å². The Morgan fingerprint density at radius 3 is 2.42 bits per heavy atom. The number of carboxylic acid groups (broad SMARTS) is 1. The largest absolute Gasteiger partial charge is 0.507 e. The summed E-state index contributed by atoms with van der Waals surface area (Å²) in [5, 5.41) is 18.8. The molecule has 0 amide bonds. The maximum Gasteiger partial charge on any atom is 0.329 e. The van der Waals surface area contributed by atoms with Gasteiger partial charge in [0.15, 0.2) is 6.04 Å². The van der Waals surface area contributed by atoms with Gasteiger partial charge in [0.25, 0.3) is 0 Å². The molecule has 0 saturated heterocycles. The summed E-state index contributed by atoms with van der Waals surface area (Å²) in [4.78, 5) is 26.9. The molecule has 0 aliphatic carbocycles. The van der Waals surface area contributed by atoms with Crippen LogP contribution in [-0.2, 0) is 20.9 Å². The number of rotatable bonds is 7. The van der Waals surface area contributed by atoms with Crippen LogP contribution in [-0.4, -0.2) is 34.4 Å². The van der Waals surface area contributed by atoms with Gasteiger partial charge in [0.05, 0.1) is 6.42 Å². The van der Waals surface area contributed by atoms with E-state index in [4.69, 9.17) is 4.74 Å². The number of phenols is 1. The third-order valence-electron chi connectivity index (χ3n) is 3.22. The third-order valence-corrected chi connectivity index (χ3v) is 3.22. The Labute approximate surface area is 139 Å². The number of carbonyl (C=O) groups is 2. The molecule has 0 heterocycles. The lowest BCUT2D eigenvalue weighted by Crippen LogP contribution is -2.23. The molecule has 124 valence electrons. The van der Waals surface area contributed by atoms with Gasteiger partial charge in [-0.1, -0.05) is 42.5 Å². The fourth-order valence-electron chi connectivity index (χ4n) is 1.93. The normalized spacial score (nSPS) is 12.0. The van der Waals surface area contributed by atoms with E-state index < -0.39 is 18.0 Å². The fraction of sp³-hybridized carbons (Fsp3) is 0.167. The predicted molar refractivity (Wildman–Crippen MR) is 88.0 cm³/mol. The van der Waals surface area contributed by atoms with E-state index >= 15 is 0 Å². The van der Waals surface area contributed by atoms with Crippen LogP contribution in [0.5, 0.6) is 5.75 Å². The van der Waals surface area contributed by atoms with Crippen molar-refractivity contribution in [1.29, 1.82) is 0 Å². The lowest BCUT2D eigenvalue weighted by atomic mass is 10.2. The van der Waals surface area contributed by atoms with E-state index in [0.29, 0.717) is 5.56 Å². The minimum Gasteiger partial charge on any atom is -0.507 e. The van der Waals surface area contributed by atoms with Crippen LogP contribution in [0.3, 0.4) is 0 Å². The molecule has 0 spiro atoms. The van der Waals surface area contributed by atoms with Gasteiger partial charge in [-0.15, -0.1) is 0 Å². The monoisotopic (exact) mass is 327 g/mol. The number of hydrogen-bond acceptors (Lipinski definition) is 5. The lowest BCUT2D eigenvalue weighted by molar-refractivity contribution is -0.149. The van der Waals surface area contributed by atoms with Crippen LogP contribution in [0.1, 0.15) is 17.5 Å². The van der Waals surface area contributed by atoms with Gasteiger partial charge in [-0.25, -0.2) is 4.79 Å². The second-order valence-corrected chi connectivity index (χ2v) is 5.04. The first-order valence-corrected chi connectivity index (χ1v) is 7.30. The highest BCUT2D eigenvalue weighted by Gasteiger charge is 2.21. The maximum absolute atomic E-state index is 11.8. The maximum atomic E-state index is 11.8. The summed E-state index contributed by atoms with van der Waals surface area (Å²) >= 11 is 0. The summed E-state index contributed by atoms with van der Waals surface area (Å²) in [6, 6.07) is 14.2. The van der Waals surface area contributed by atoms with E-state index in [1.54, 1.807) is 30.3 Å². The number of carboxylic acids is 1. The second kappa shape index (κ2) is 8.47. The molecule has 0 unspecified atom stereocenters. The van der Waals surface area contributed by atoms with Gasteiger partial charge in [-0.3, -0.25) is 9.79 Å². The van der Waals surface area contributed by atoms with Crippen molar-refractivity contribution in [1.82, 2.24) is 0 Å². The first-order valence-electron chi connectivity index (χ1n) is 7.30. The number of ether oxygens (including phenoxy) is 1. The third kappa shape index (κ3) is 5.24. The van der Waals surface area contributed by atoms with Gasteiger partial charge >= 0.3 is 11.9 Å². The zero-order chi connectivity index (χ0) is 17.4. The van der Waals surface area contributed by atoms with Crippen LogP contribution in [0.25, 0.3) is 0 Å². The minimum absolute atomic E-state index is 0.0166. The topological polar surface area (TPSA) is 96.2 Å². The Kier molecular flexibility index (Phi) is 6.08. The number of aliphatic imine (C=N–C) groups is 1. The second-order valence-electron chi connectivity index (χ2n) is 5.04. The molecule has 0 radical (unpaired) electrons. The van der Waals surface area contributed by atoms with E-state index in [2.05, 4.69) is 4.99 Å². The van der Waals surface area contributed by atoms with E-state index in [0.717, 1.165) is 5.56 Å². The highest BCUT2D eigenvalue weighted by atomic mass is 16.5. The summed E-state index contributed by atoms with van der Waals surface area (Å²) in [6.45, 7) is 0.0786. The standard InChI is InChI=1S/C18H17NO5/c20-16-9-5-4-8-14(16)11-19-15(18(22)23)10-17(21)24-12-13-6-2-1-3-7-13/h1-9,11,15,20H,10,12H2,(H,22,23)/t15-/m0/s1. The summed E-state index contributed by atoms with van der Waals surface area (Å²) in [6.07, 6.45) is 0.852. The van der Waals surface area contributed by atoms with Gasteiger partial charge in [0.2, 0.25) is 0 Å². The van der Waals surface area contributed by atoms with E-state index in [1.165, 1.54) is 12.3 Å². The van der Waals surface area contributed by atoms with Crippen molar-refractivity contribution < 1.29 is 24.5 Å². The highest BCUT2D eigenvalue weighted by Crippen LogP contribution is 2.13. The Morgan fingerprint density at radius 1 is 1.08 bits per heavy atom. The number of esters is 1. The van der Waals surface area contributed by atoms with Crippen molar-refractivity contribution in [3.63, 3.8) is 0 Å². The zero-order valence-electron chi connectivity index (χ0n) is 12.8. The Hall–Kier alpha value is -3.15. The van der Waals surface area contributed by atoms with Gasteiger partial charge in [0.1, 0.15) is 12.4 Å². The van der Waals surface area contributed by atoms with Crippen LogP contribution in [0, 0.1) is 0 Å². The van der Waals surface area contributed by atoms with Crippen molar-refractivity contribution in [2.75, 3.05) is 0 Å². The average molecular weight is 327 g/mol. The minimum atomic E-state index is -1.27. The van der Waals surface area contributed by atoms with Gasteiger partial charge in [-0.05, 0) is 17.7 Å². The average Bonchev–Trinajstić information content (AvgIpc) is 2.58. The van der Waals surface area contributed by atoms with Crippen molar-refractivity contribution >= 4 is 18.2 Å². The van der Waals surface area contributed by atoms with Crippen molar-refractivity contribution in [3.8, 4) is 5.75 Å². The smallest absolute Gasteiger partial charge is 0.329 e. The molecule has 24 heavy (non-hydrogen) atoms. The fourth-order valence-corrected chi connectivity index (χ4v) is 1.93. The molecule has 0 aliphatic heterocycles. The number of carbonyl (C=O) groups excluding carboxylic acids is 1. The van der Waals surface area contributed by atoms with Gasteiger partial charge < -0.3 is 14.9 Å². The molecule has 1 atom stereocenters. The number of aromatic hydroxyl groups is 1. The molecular weight excluding hydrogens is 310 g/mol. The quantitative estimate of drug-likeness (QED) is 0.601. The van der Waals surface area contributed by atoms with Crippen LogP contribution in [0.2, 0.25) is 0 Å².